The number of aromatic nitrogens is 1. The molecule has 2 aromatic heterocycles. The van der Waals surface area contributed by atoms with Crippen molar-refractivity contribution in [3.63, 3.8) is 0 Å². The summed E-state index contributed by atoms with van der Waals surface area (Å²) in [7, 11) is -7.23. The summed E-state index contributed by atoms with van der Waals surface area (Å²) < 4.78 is 51.6. The number of anilines is 1. The number of pyridine rings is 1. The van der Waals surface area contributed by atoms with Gasteiger partial charge in [0.2, 0.25) is 0 Å². The second kappa shape index (κ2) is 12.3. The van der Waals surface area contributed by atoms with Crippen LogP contribution in [0.4, 0.5) is 10.5 Å². The van der Waals surface area contributed by atoms with E-state index in [2.05, 4.69) is 15.0 Å². The number of hydrogen-bond acceptors (Lipinski definition) is 9. The number of sulfone groups is 1. The van der Waals surface area contributed by atoms with E-state index < -0.39 is 25.9 Å². The Morgan fingerprint density at radius 1 is 1.12 bits per heavy atom. The smallest absolute Gasteiger partial charge is 0.306 e. The van der Waals surface area contributed by atoms with Gasteiger partial charge in [0.15, 0.2) is 0 Å². The zero-order valence-electron chi connectivity index (χ0n) is 22.2. The maximum atomic E-state index is 13.2. The Bertz CT molecular complexity index is 1710. The molecule has 2 N–H and O–H groups in total. The average Bonchev–Trinajstić information content (AvgIpc) is 3.54. The number of nitrogens with zero attached hydrogens (tertiary/aromatic N) is 3. The second-order valence-corrected chi connectivity index (χ2v) is 15.1. The molecule has 0 saturated heterocycles. The van der Waals surface area contributed by atoms with E-state index in [1.807, 2.05) is 23.1 Å². The van der Waals surface area contributed by atoms with Crippen molar-refractivity contribution in [1.82, 2.24) is 14.6 Å². The average molecular weight is 609 g/mol. The summed E-state index contributed by atoms with van der Waals surface area (Å²) in [5, 5.41) is 12.0. The molecule has 0 spiro atoms. The molecule has 0 saturated carbocycles. The van der Waals surface area contributed by atoms with Crippen LogP contribution in [0.15, 0.2) is 40.7 Å². The van der Waals surface area contributed by atoms with Crippen LogP contribution in [0.3, 0.4) is 0 Å². The number of nitriles is 1. The molecule has 0 bridgehead atoms. The molecule has 0 fully saturated rings. The molecule has 1 aliphatic heterocycles. The molecule has 2 aliphatic rings. The van der Waals surface area contributed by atoms with Gasteiger partial charge < -0.3 is 5.32 Å². The molecule has 14 heteroatoms. The summed E-state index contributed by atoms with van der Waals surface area (Å²) in [6, 6.07) is 9.95. The third-order valence-electron chi connectivity index (χ3n) is 6.90. The van der Waals surface area contributed by atoms with Gasteiger partial charge in [0.25, 0.3) is 10.0 Å². The van der Waals surface area contributed by atoms with Gasteiger partial charge in [-0.1, -0.05) is 12.1 Å². The minimum absolute atomic E-state index is 0. The predicted molar refractivity (Wildman–Crippen MR) is 155 cm³/mol. The number of carbonyl (C=O) groups excluding carboxylic acids is 1. The van der Waals surface area contributed by atoms with Gasteiger partial charge in [-0.2, -0.15) is 5.26 Å². The maximum absolute atomic E-state index is 13.2. The third-order valence-corrected chi connectivity index (χ3v) is 10.9. The van der Waals surface area contributed by atoms with Gasteiger partial charge in [-0.25, -0.2) is 31.3 Å². The van der Waals surface area contributed by atoms with Crippen LogP contribution in [-0.4, -0.2) is 87.4 Å². The van der Waals surface area contributed by atoms with Gasteiger partial charge >= 0.3 is 6.03 Å². The van der Waals surface area contributed by atoms with E-state index in [-0.39, 0.29) is 45.2 Å². The van der Waals surface area contributed by atoms with E-state index in [0.29, 0.717) is 42.9 Å². The molecule has 40 heavy (non-hydrogen) atoms. The number of aryl methyl sites for hydroxylation is 1. The quantitative estimate of drug-likeness (QED) is 0.389. The third kappa shape index (κ3) is 6.94. The normalized spacial score (nSPS) is 14.9. The fourth-order valence-electron chi connectivity index (χ4n) is 5.00. The summed E-state index contributed by atoms with van der Waals surface area (Å²) in [4.78, 5) is 20.0. The summed E-state index contributed by atoms with van der Waals surface area (Å²) in [5.41, 5.74) is 5.02. The first kappa shape index (κ1) is 30.6. The number of fused-ring (bicyclic) bond motifs is 2. The largest absolute Gasteiger partial charge is 0.333 e. The number of thiophene rings is 1. The van der Waals surface area contributed by atoms with Crippen molar-refractivity contribution >= 4 is 72.5 Å². The van der Waals surface area contributed by atoms with Crippen LogP contribution in [0.25, 0.3) is 11.1 Å². The fraction of sp³-hybridized carbons (Fsp3) is 0.346. The van der Waals surface area contributed by atoms with E-state index in [1.54, 1.807) is 18.2 Å². The minimum atomic E-state index is -4.14. The van der Waals surface area contributed by atoms with E-state index in [4.69, 9.17) is 0 Å². The number of urea groups is 1. The topological polar surface area (TPSA) is 149 Å². The SMILES string of the molecule is CS(=O)(=O)CCN1CCc2sc(S(=O)(=O)NC(=O)Nc3c(-c4ccnc(C#N)c4)ccc4c3CCC4)cc2C1.[Na]. The van der Waals surface area contributed by atoms with Crippen LogP contribution in [0, 0.1) is 11.3 Å². The number of amides is 2. The van der Waals surface area contributed by atoms with Crippen LogP contribution in [-0.2, 0) is 45.7 Å². The van der Waals surface area contributed by atoms with Gasteiger partial charge in [0.05, 0.1) is 11.4 Å². The molecule has 3 heterocycles. The van der Waals surface area contributed by atoms with E-state index in [9.17, 15) is 26.9 Å². The van der Waals surface area contributed by atoms with E-state index in [0.717, 1.165) is 52.2 Å². The van der Waals surface area contributed by atoms with Crippen molar-refractivity contribution in [2.75, 3.05) is 30.4 Å². The van der Waals surface area contributed by atoms with Crippen molar-refractivity contribution in [3.8, 4) is 17.2 Å². The Kier molecular flexibility index (Phi) is 9.41. The van der Waals surface area contributed by atoms with Gasteiger partial charge in [0, 0.05) is 72.1 Å². The van der Waals surface area contributed by atoms with Crippen molar-refractivity contribution in [2.24, 2.45) is 0 Å². The van der Waals surface area contributed by atoms with Crippen LogP contribution in [0.5, 0.6) is 0 Å². The van der Waals surface area contributed by atoms with Crippen LogP contribution in [0.1, 0.15) is 33.7 Å². The van der Waals surface area contributed by atoms with Crippen molar-refractivity contribution in [2.45, 2.75) is 36.4 Å². The Morgan fingerprint density at radius 3 is 2.67 bits per heavy atom. The van der Waals surface area contributed by atoms with Gasteiger partial charge in [-0.15, -0.1) is 11.3 Å². The van der Waals surface area contributed by atoms with E-state index >= 15 is 0 Å². The molecular weight excluding hydrogens is 582 g/mol. The number of hydrogen-bond donors (Lipinski definition) is 2. The summed E-state index contributed by atoms with van der Waals surface area (Å²) in [6.45, 7) is 1.48. The molecule has 1 radical (unpaired) electrons. The molecule has 1 aromatic carbocycles. The van der Waals surface area contributed by atoms with Gasteiger partial charge in [-0.3, -0.25) is 4.90 Å². The molecule has 10 nitrogen and oxygen atoms in total. The number of nitrogens with one attached hydrogen (secondary N) is 2. The molecule has 3 aromatic rings. The molecule has 0 atom stereocenters. The first-order valence-electron chi connectivity index (χ1n) is 12.4. The number of carbonyl (C=O) groups is 1. The fourth-order valence-corrected chi connectivity index (χ4v) is 8.04. The number of rotatable bonds is 7. The molecule has 2 amide bonds. The monoisotopic (exact) mass is 608 g/mol. The number of benzene rings is 1. The maximum Gasteiger partial charge on any atom is 0.333 e. The van der Waals surface area contributed by atoms with Crippen LogP contribution < -0.4 is 10.0 Å². The van der Waals surface area contributed by atoms with Crippen LogP contribution in [0.2, 0.25) is 0 Å². The molecule has 205 valence electrons. The van der Waals surface area contributed by atoms with Crippen LogP contribution >= 0.6 is 11.3 Å². The van der Waals surface area contributed by atoms with Gasteiger partial charge in [0.1, 0.15) is 25.8 Å². The summed E-state index contributed by atoms with van der Waals surface area (Å²) >= 11 is 1.13. The molecule has 0 unspecified atom stereocenters. The van der Waals surface area contributed by atoms with Gasteiger partial charge in [-0.05, 0) is 66.1 Å². The van der Waals surface area contributed by atoms with Crippen molar-refractivity contribution < 1.29 is 21.6 Å². The molecular formula is C26H27N5NaO5S3. The zero-order valence-corrected chi connectivity index (χ0v) is 26.7. The zero-order chi connectivity index (χ0) is 27.8. The number of sulfonamides is 1. The predicted octanol–water partition coefficient (Wildman–Crippen LogP) is 2.70. The summed E-state index contributed by atoms with van der Waals surface area (Å²) in [6.07, 6.45) is 5.87. The second-order valence-electron chi connectivity index (χ2n) is 9.75. The first-order chi connectivity index (χ1) is 18.5. The minimum Gasteiger partial charge on any atom is -0.306 e. The Labute approximate surface area is 260 Å². The first-order valence-corrected chi connectivity index (χ1v) is 16.8. The van der Waals surface area contributed by atoms with Crippen molar-refractivity contribution in [1.29, 1.82) is 5.26 Å². The molecule has 5 rings (SSSR count). The standard InChI is InChI=1S/C26H27N5O5S3.Na/c1-38(33,34)12-11-31-10-8-23-19(16-31)14-24(37-23)39(35,36)30-26(32)29-25-21-4-2-3-17(21)5-6-22(25)18-7-9-28-20(13-18)15-27;/h5-7,9,13-14H,2-4,8,10-12,16H2,1H3,(H2,29,30,32);. The van der Waals surface area contributed by atoms with E-state index in [1.165, 1.54) is 12.5 Å². The van der Waals surface area contributed by atoms with Crippen molar-refractivity contribution in [3.05, 3.63) is 63.8 Å². The Morgan fingerprint density at radius 2 is 1.93 bits per heavy atom. The Balaban J connectivity index is 0.00000370. The molecule has 1 aliphatic carbocycles. The Hall–Kier alpha value is -2.31. The summed E-state index contributed by atoms with van der Waals surface area (Å²) in [5.74, 6) is 0.0435.